The van der Waals surface area contributed by atoms with Crippen molar-refractivity contribution in [1.82, 2.24) is 4.98 Å². The van der Waals surface area contributed by atoms with E-state index in [1.807, 2.05) is 69.4 Å². The molecule has 0 saturated heterocycles. The minimum atomic E-state index is -0.540. The summed E-state index contributed by atoms with van der Waals surface area (Å²) >= 11 is 0. The Balaban J connectivity index is 1.96. The summed E-state index contributed by atoms with van der Waals surface area (Å²) in [6, 6.07) is 17.1. The molecule has 162 valence electrons. The Morgan fingerprint density at radius 3 is 2.19 bits per heavy atom. The van der Waals surface area contributed by atoms with E-state index in [0.29, 0.717) is 23.6 Å². The number of hydrogen-bond donors (Lipinski definition) is 0. The normalized spacial score (nSPS) is 11.0. The number of benzene rings is 2. The number of methoxy groups -OCH3 is 2. The molecule has 0 aliphatic heterocycles. The summed E-state index contributed by atoms with van der Waals surface area (Å²) in [5.74, 6) is 0.957. The summed E-state index contributed by atoms with van der Waals surface area (Å²) in [6.45, 7) is 6.15. The van der Waals surface area contributed by atoms with Crippen LogP contribution in [0.15, 0.2) is 67.0 Å². The molecule has 0 aliphatic rings. The van der Waals surface area contributed by atoms with E-state index >= 15 is 0 Å². The Bertz CT molecular complexity index is 1010. The van der Waals surface area contributed by atoms with E-state index in [-0.39, 0.29) is 5.97 Å². The highest BCUT2D eigenvalue weighted by molar-refractivity contribution is 5.90. The van der Waals surface area contributed by atoms with Crippen LogP contribution in [0.4, 0.5) is 11.4 Å². The first-order valence-electron chi connectivity index (χ1n) is 10.0. The Kier molecular flexibility index (Phi) is 6.80. The monoisotopic (exact) mass is 420 g/mol. The first kappa shape index (κ1) is 22.2. The fourth-order valence-electron chi connectivity index (χ4n) is 3.11. The molecule has 6 heteroatoms. The first-order chi connectivity index (χ1) is 14.8. The molecular formula is C25H28N2O4. The van der Waals surface area contributed by atoms with Gasteiger partial charge in [-0.25, -0.2) is 4.79 Å². The van der Waals surface area contributed by atoms with Crippen LogP contribution in [0.2, 0.25) is 0 Å². The zero-order valence-corrected chi connectivity index (χ0v) is 18.6. The van der Waals surface area contributed by atoms with Gasteiger partial charge in [0.25, 0.3) is 0 Å². The van der Waals surface area contributed by atoms with Crippen molar-refractivity contribution in [2.75, 3.05) is 19.1 Å². The minimum absolute atomic E-state index is 0.344. The highest BCUT2D eigenvalue weighted by atomic mass is 16.6. The van der Waals surface area contributed by atoms with Crippen LogP contribution in [0.5, 0.6) is 11.5 Å². The van der Waals surface area contributed by atoms with Gasteiger partial charge in [0, 0.05) is 36.4 Å². The molecule has 0 unspecified atom stereocenters. The average Bonchev–Trinajstić information content (AvgIpc) is 2.76. The number of pyridine rings is 1. The van der Waals surface area contributed by atoms with E-state index in [4.69, 9.17) is 14.2 Å². The van der Waals surface area contributed by atoms with Crippen molar-refractivity contribution in [2.45, 2.75) is 32.9 Å². The van der Waals surface area contributed by atoms with Crippen LogP contribution in [0.25, 0.3) is 0 Å². The number of nitrogens with zero attached hydrogens (tertiary/aromatic N) is 2. The van der Waals surface area contributed by atoms with Gasteiger partial charge in [-0.1, -0.05) is 6.07 Å². The summed E-state index contributed by atoms with van der Waals surface area (Å²) < 4.78 is 16.3. The van der Waals surface area contributed by atoms with Crippen molar-refractivity contribution in [1.29, 1.82) is 0 Å². The van der Waals surface area contributed by atoms with Crippen molar-refractivity contribution in [3.8, 4) is 11.5 Å². The standard InChI is InChI=1S/C25H28N2O4/c1-25(2,3)31-24(28)19-8-10-20(11-9-19)27(17-18-7-6-14-26-16-18)21-12-13-22(29-4)23(15-21)30-5/h6-16H,17H2,1-5H3. The molecule has 0 fully saturated rings. The van der Waals surface area contributed by atoms with E-state index in [1.165, 1.54) is 0 Å². The van der Waals surface area contributed by atoms with Crippen LogP contribution in [-0.2, 0) is 11.3 Å². The molecule has 3 aromatic rings. The second-order valence-corrected chi connectivity index (χ2v) is 8.04. The highest BCUT2D eigenvalue weighted by Gasteiger charge is 2.19. The number of carbonyl (C=O) groups is 1. The molecule has 0 N–H and O–H groups in total. The van der Waals surface area contributed by atoms with E-state index in [1.54, 1.807) is 32.5 Å². The predicted octanol–water partition coefficient (Wildman–Crippen LogP) is 5.39. The summed E-state index contributed by atoms with van der Waals surface area (Å²) in [5.41, 5.74) is 2.86. The van der Waals surface area contributed by atoms with Crippen LogP contribution in [0.1, 0.15) is 36.7 Å². The number of rotatable bonds is 7. The maximum atomic E-state index is 12.4. The van der Waals surface area contributed by atoms with Crippen LogP contribution in [0, 0.1) is 0 Å². The third-order valence-corrected chi connectivity index (χ3v) is 4.56. The maximum absolute atomic E-state index is 12.4. The fourth-order valence-corrected chi connectivity index (χ4v) is 3.11. The Hall–Kier alpha value is -3.54. The number of hydrogen-bond acceptors (Lipinski definition) is 6. The molecule has 0 aliphatic carbocycles. The lowest BCUT2D eigenvalue weighted by Gasteiger charge is -2.26. The Morgan fingerprint density at radius 2 is 1.61 bits per heavy atom. The Morgan fingerprint density at radius 1 is 0.935 bits per heavy atom. The van der Waals surface area contributed by atoms with Gasteiger partial charge in [0.05, 0.1) is 19.8 Å². The number of carbonyl (C=O) groups excluding carboxylic acids is 1. The molecule has 6 nitrogen and oxygen atoms in total. The maximum Gasteiger partial charge on any atom is 0.338 e. The van der Waals surface area contributed by atoms with Crippen molar-refractivity contribution >= 4 is 17.3 Å². The zero-order chi connectivity index (χ0) is 22.4. The molecule has 0 spiro atoms. The van der Waals surface area contributed by atoms with Crippen molar-refractivity contribution < 1.29 is 19.0 Å². The van der Waals surface area contributed by atoms with Crippen molar-refractivity contribution in [3.05, 3.63) is 78.1 Å². The third-order valence-electron chi connectivity index (χ3n) is 4.56. The van der Waals surface area contributed by atoms with E-state index in [0.717, 1.165) is 16.9 Å². The van der Waals surface area contributed by atoms with Gasteiger partial charge in [0.1, 0.15) is 5.60 Å². The second kappa shape index (κ2) is 9.51. The van der Waals surface area contributed by atoms with Gasteiger partial charge in [-0.15, -0.1) is 0 Å². The van der Waals surface area contributed by atoms with E-state index < -0.39 is 5.60 Å². The molecule has 3 rings (SSSR count). The predicted molar refractivity (Wildman–Crippen MR) is 121 cm³/mol. The van der Waals surface area contributed by atoms with Crippen LogP contribution < -0.4 is 14.4 Å². The minimum Gasteiger partial charge on any atom is -0.493 e. The topological polar surface area (TPSA) is 60.9 Å². The summed E-state index contributed by atoms with van der Waals surface area (Å²) in [7, 11) is 3.23. The molecule has 0 atom stereocenters. The second-order valence-electron chi connectivity index (χ2n) is 8.04. The quantitative estimate of drug-likeness (QED) is 0.478. The highest BCUT2D eigenvalue weighted by Crippen LogP contribution is 2.35. The number of anilines is 2. The lowest BCUT2D eigenvalue weighted by Crippen LogP contribution is -2.24. The average molecular weight is 421 g/mol. The lowest BCUT2D eigenvalue weighted by molar-refractivity contribution is 0.00695. The van der Waals surface area contributed by atoms with Crippen LogP contribution in [0.3, 0.4) is 0 Å². The van der Waals surface area contributed by atoms with E-state index in [9.17, 15) is 4.79 Å². The van der Waals surface area contributed by atoms with Gasteiger partial charge in [-0.2, -0.15) is 0 Å². The molecule has 1 heterocycles. The lowest BCUT2D eigenvalue weighted by atomic mass is 10.1. The molecule has 0 bridgehead atoms. The SMILES string of the molecule is COc1ccc(N(Cc2cccnc2)c2ccc(C(=O)OC(C)(C)C)cc2)cc1OC. The molecule has 2 aromatic carbocycles. The molecular weight excluding hydrogens is 392 g/mol. The first-order valence-corrected chi connectivity index (χ1v) is 10.0. The largest absolute Gasteiger partial charge is 0.493 e. The van der Waals surface area contributed by atoms with Crippen molar-refractivity contribution in [2.24, 2.45) is 0 Å². The zero-order valence-electron chi connectivity index (χ0n) is 18.6. The number of ether oxygens (including phenoxy) is 3. The summed E-state index contributed by atoms with van der Waals surface area (Å²) in [6.07, 6.45) is 3.59. The number of aromatic nitrogens is 1. The summed E-state index contributed by atoms with van der Waals surface area (Å²) in [5, 5.41) is 0. The molecule has 1 aromatic heterocycles. The van der Waals surface area contributed by atoms with E-state index in [2.05, 4.69) is 9.88 Å². The fraction of sp³-hybridized carbons (Fsp3) is 0.280. The van der Waals surface area contributed by atoms with Crippen LogP contribution >= 0.6 is 0 Å². The molecule has 0 saturated carbocycles. The van der Waals surface area contributed by atoms with Gasteiger partial charge in [-0.3, -0.25) is 4.98 Å². The van der Waals surface area contributed by atoms with Gasteiger partial charge in [0.15, 0.2) is 11.5 Å². The molecule has 31 heavy (non-hydrogen) atoms. The van der Waals surface area contributed by atoms with Gasteiger partial charge >= 0.3 is 5.97 Å². The van der Waals surface area contributed by atoms with Gasteiger partial charge in [0.2, 0.25) is 0 Å². The Labute approximate surface area is 183 Å². The molecule has 0 radical (unpaired) electrons. The third kappa shape index (κ3) is 5.75. The summed E-state index contributed by atoms with van der Waals surface area (Å²) in [4.78, 5) is 18.7. The van der Waals surface area contributed by atoms with Crippen molar-refractivity contribution in [3.63, 3.8) is 0 Å². The van der Waals surface area contributed by atoms with Gasteiger partial charge in [-0.05, 0) is 68.8 Å². The van der Waals surface area contributed by atoms with Crippen LogP contribution in [-0.4, -0.2) is 30.8 Å². The molecule has 0 amide bonds. The van der Waals surface area contributed by atoms with Gasteiger partial charge < -0.3 is 19.1 Å². The number of esters is 1. The smallest absolute Gasteiger partial charge is 0.338 e.